The van der Waals surface area contributed by atoms with Crippen LogP contribution in [-0.4, -0.2) is 15.5 Å². The van der Waals surface area contributed by atoms with Gasteiger partial charge in [-0.1, -0.05) is 72.3 Å². The lowest BCUT2D eigenvalue weighted by molar-refractivity contribution is 0.414. The van der Waals surface area contributed by atoms with Crippen molar-refractivity contribution in [2.24, 2.45) is 5.73 Å². The van der Waals surface area contributed by atoms with E-state index < -0.39 is 21.1 Å². The van der Waals surface area contributed by atoms with Gasteiger partial charge >= 0.3 is 0 Å². The summed E-state index contributed by atoms with van der Waals surface area (Å²) in [6.07, 6.45) is 0. The number of hydrogen-bond donors (Lipinski definition) is 2. The number of benzene rings is 3. The summed E-state index contributed by atoms with van der Waals surface area (Å²) in [7, 11) is -2.45. The van der Waals surface area contributed by atoms with Crippen molar-refractivity contribution in [2.75, 3.05) is 7.11 Å². The Balaban J connectivity index is 2.04. The molecule has 0 amide bonds. The van der Waals surface area contributed by atoms with E-state index in [1.807, 2.05) is 36.4 Å². The summed E-state index contributed by atoms with van der Waals surface area (Å²) < 4.78 is 33.8. The lowest BCUT2D eigenvalue weighted by atomic mass is 9.94. The van der Waals surface area contributed by atoms with E-state index in [4.69, 9.17) is 22.1 Å². The maximum absolute atomic E-state index is 13.1. The Morgan fingerprint density at radius 3 is 2.00 bits per heavy atom. The highest BCUT2D eigenvalue weighted by atomic mass is 35.5. The van der Waals surface area contributed by atoms with E-state index in [2.05, 4.69) is 4.72 Å². The first-order valence-electron chi connectivity index (χ1n) is 8.60. The predicted molar refractivity (Wildman–Crippen MR) is 111 cm³/mol. The van der Waals surface area contributed by atoms with Crippen LogP contribution in [0.1, 0.15) is 17.2 Å². The van der Waals surface area contributed by atoms with Gasteiger partial charge in [-0.15, -0.1) is 0 Å². The summed E-state index contributed by atoms with van der Waals surface area (Å²) in [5.41, 5.74) is 7.71. The molecule has 0 fully saturated rings. The molecule has 0 spiro atoms. The number of ether oxygens (including phenoxy) is 1. The first-order chi connectivity index (χ1) is 13.4. The zero-order chi connectivity index (χ0) is 20.2. The second-order valence-electron chi connectivity index (χ2n) is 6.25. The second-order valence-corrected chi connectivity index (χ2v) is 8.53. The van der Waals surface area contributed by atoms with E-state index in [0.29, 0.717) is 16.9 Å². The fourth-order valence-corrected chi connectivity index (χ4v) is 4.69. The third-order valence-corrected chi connectivity index (χ3v) is 6.58. The number of methoxy groups -OCH3 is 1. The zero-order valence-corrected chi connectivity index (χ0v) is 16.8. The third-order valence-electron chi connectivity index (χ3n) is 4.43. The predicted octanol–water partition coefficient (Wildman–Crippen LogP) is 3.77. The van der Waals surface area contributed by atoms with Crippen molar-refractivity contribution in [1.82, 2.24) is 4.72 Å². The molecule has 0 aliphatic heterocycles. The Labute approximate surface area is 170 Å². The molecule has 0 aromatic heterocycles. The largest absolute Gasteiger partial charge is 0.497 e. The minimum atomic E-state index is -3.96. The highest BCUT2D eigenvalue weighted by molar-refractivity contribution is 7.89. The Morgan fingerprint density at radius 1 is 0.929 bits per heavy atom. The van der Waals surface area contributed by atoms with Crippen LogP contribution in [0.25, 0.3) is 0 Å². The van der Waals surface area contributed by atoms with Gasteiger partial charge in [0.25, 0.3) is 0 Å². The minimum Gasteiger partial charge on any atom is -0.497 e. The smallest absolute Gasteiger partial charge is 0.242 e. The summed E-state index contributed by atoms with van der Waals surface area (Å²) in [6, 6.07) is 23.2. The van der Waals surface area contributed by atoms with Crippen molar-refractivity contribution < 1.29 is 13.2 Å². The molecule has 0 aliphatic carbocycles. The van der Waals surface area contributed by atoms with Gasteiger partial charge in [0, 0.05) is 0 Å². The van der Waals surface area contributed by atoms with Gasteiger partial charge in [-0.25, -0.2) is 8.42 Å². The van der Waals surface area contributed by atoms with Crippen molar-refractivity contribution in [3.8, 4) is 5.75 Å². The van der Waals surface area contributed by atoms with Crippen LogP contribution < -0.4 is 15.2 Å². The molecule has 2 atom stereocenters. The standard InChI is InChI=1S/C21H21ClN2O3S/c1-27-18-12-14-19(15-13-18)28(25,26)24-21(22,17-10-6-3-7-11-17)20(23)16-8-4-2-5-9-16/h2-15,20,24H,23H2,1H3/t20-,21-/m0/s1. The Morgan fingerprint density at radius 2 is 1.46 bits per heavy atom. The number of rotatable bonds is 7. The van der Waals surface area contributed by atoms with Crippen LogP contribution in [0.5, 0.6) is 5.75 Å². The topological polar surface area (TPSA) is 81.4 Å². The van der Waals surface area contributed by atoms with E-state index in [9.17, 15) is 8.42 Å². The molecule has 3 N–H and O–H groups in total. The number of nitrogens with two attached hydrogens (primary N) is 1. The first kappa shape index (κ1) is 20.4. The van der Waals surface area contributed by atoms with Crippen LogP contribution in [0, 0.1) is 0 Å². The van der Waals surface area contributed by atoms with Crippen LogP contribution >= 0.6 is 11.6 Å². The molecule has 28 heavy (non-hydrogen) atoms. The lowest BCUT2D eigenvalue weighted by Gasteiger charge is -2.34. The zero-order valence-electron chi connectivity index (χ0n) is 15.2. The minimum absolute atomic E-state index is 0.0644. The normalized spacial score (nSPS) is 14.8. The fraction of sp³-hybridized carbons (Fsp3) is 0.143. The van der Waals surface area contributed by atoms with Crippen LogP contribution in [0.3, 0.4) is 0 Å². The summed E-state index contributed by atoms with van der Waals surface area (Å²) >= 11 is 6.90. The molecule has 146 valence electrons. The Bertz CT molecular complexity index is 1010. The molecule has 0 aliphatic rings. The van der Waals surface area contributed by atoms with Crippen LogP contribution in [-0.2, 0) is 15.0 Å². The molecule has 7 heteroatoms. The van der Waals surface area contributed by atoms with Gasteiger partial charge in [-0.3, -0.25) is 0 Å². The quantitative estimate of drug-likeness (QED) is 0.453. The van der Waals surface area contributed by atoms with Crippen LogP contribution in [0.15, 0.2) is 89.8 Å². The molecule has 3 aromatic carbocycles. The molecule has 3 aromatic rings. The summed E-state index contributed by atoms with van der Waals surface area (Å²) in [5.74, 6) is 0.556. The van der Waals surface area contributed by atoms with Gasteiger partial charge in [0.05, 0.1) is 18.0 Å². The van der Waals surface area contributed by atoms with Gasteiger partial charge in [-0.05, 0) is 35.4 Å². The van der Waals surface area contributed by atoms with Crippen LogP contribution in [0.4, 0.5) is 0 Å². The molecule has 5 nitrogen and oxygen atoms in total. The van der Waals surface area contributed by atoms with Gasteiger partial charge in [-0.2, -0.15) is 4.72 Å². The number of nitrogens with one attached hydrogen (secondary N) is 1. The summed E-state index contributed by atoms with van der Waals surface area (Å²) in [5, 5.41) is 0. The number of alkyl halides is 1. The van der Waals surface area contributed by atoms with Gasteiger partial charge < -0.3 is 10.5 Å². The van der Waals surface area contributed by atoms with Crippen molar-refractivity contribution in [3.63, 3.8) is 0 Å². The Hall–Kier alpha value is -2.38. The molecule has 0 saturated carbocycles. The number of halogens is 1. The van der Waals surface area contributed by atoms with Crippen molar-refractivity contribution in [3.05, 3.63) is 96.1 Å². The molecule has 3 rings (SSSR count). The SMILES string of the molecule is COc1ccc(S(=O)(=O)N[C@@](Cl)(c2ccccc2)[C@@H](N)c2ccccc2)cc1. The molecule has 0 unspecified atom stereocenters. The summed E-state index contributed by atoms with van der Waals surface area (Å²) in [6.45, 7) is 0. The maximum Gasteiger partial charge on any atom is 0.242 e. The maximum atomic E-state index is 13.1. The van der Waals surface area contributed by atoms with E-state index >= 15 is 0 Å². The molecule has 0 saturated heterocycles. The van der Waals surface area contributed by atoms with Crippen molar-refractivity contribution in [1.29, 1.82) is 0 Å². The molecule has 0 radical (unpaired) electrons. The Kier molecular flexibility index (Phi) is 6.05. The highest BCUT2D eigenvalue weighted by Gasteiger charge is 2.41. The summed E-state index contributed by atoms with van der Waals surface area (Å²) in [4.78, 5) is -1.52. The molecular weight excluding hydrogens is 396 g/mol. The van der Waals surface area contributed by atoms with E-state index in [1.165, 1.54) is 19.2 Å². The molecular formula is C21H21ClN2O3S. The van der Waals surface area contributed by atoms with Gasteiger partial charge in [0.1, 0.15) is 5.75 Å². The fourth-order valence-electron chi connectivity index (χ4n) is 2.88. The number of sulfonamides is 1. The average Bonchev–Trinajstić information content (AvgIpc) is 2.74. The number of hydrogen-bond acceptors (Lipinski definition) is 4. The third kappa shape index (κ3) is 4.20. The van der Waals surface area contributed by atoms with Crippen LogP contribution in [0.2, 0.25) is 0 Å². The molecule has 0 bridgehead atoms. The second kappa shape index (κ2) is 8.32. The van der Waals surface area contributed by atoms with Gasteiger partial charge in [0.15, 0.2) is 5.00 Å². The van der Waals surface area contributed by atoms with E-state index in [0.717, 1.165) is 0 Å². The first-order valence-corrected chi connectivity index (χ1v) is 10.5. The van der Waals surface area contributed by atoms with E-state index in [-0.39, 0.29) is 4.90 Å². The van der Waals surface area contributed by atoms with Crippen molar-refractivity contribution in [2.45, 2.75) is 15.9 Å². The van der Waals surface area contributed by atoms with E-state index in [1.54, 1.807) is 36.4 Å². The van der Waals surface area contributed by atoms with Gasteiger partial charge in [0.2, 0.25) is 10.0 Å². The average molecular weight is 417 g/mol. The lowest BCUT2D eigenvalue weighted by Crippen LogP contribution is -2.48. The van der Waals surface area contributed by atoms with Crippen molar-refractivity contribution >= 4 is 21.6 Å². The monoisotopic (exact) mass is 416 g/mol. The highest BCUT2D eigenvalue weighted by Crippen LogP contribution is 2.39. The molecule has 0 heterocycles.